The highest BCUT2D eigenvalue weighted by Gasteiger charge is 2.43. The van der Waals surface area contributed by atoms with Gasteiger partial charge in [-0.05, 0) is 80.7 Å². The van der Waals surface area contributed by atoms with Crippen molar-refractivity contribution in [3.63, 3.8) is 0 Å². The Morgan fingerprint density at radius 2 is 1.90 bits per heavy atom. The first kappa shape index (κ1) is 19.5. The highest BCUT2D eigenvalue weighted by Crippen LogP contribution is 2.44. The summed E-state index contributed by atoms with van der Waals surface area (Å²) in [6.07, 6.45) is 9.72. The Morgan fingerprint density at radius 1 is 1.07 bits per heavy atom. The molecule has 2 saturated heterocycles. The first-order chi connectivity index (χ1) is 14.1. The summed E-state index contributed by atoms with van der Waals surface area (Å²) in [6, 6.07) is 2.46. The summed E-state index contributed by atoms with van der Waals surface area (Å²) in [5, 5.41) is 2.38. The van der Waals surface area contributed by atoms with Gasteiger partial charge in [0, 0.05) is 50.2 Å². The summed E-state index contributed by atoms with van der Waals surface area (Å²) in [7, 11) is 4.07. The third kappa shape index (κ3) is 3.94. The van der Waals surface area contributed by atoms with Crippen LogP contribution in [0.4, 0.5) is 5.95 Å². The van der Waals surface area contributed by atoms with E-state index in [1.807, 2.05) is 30.3 Å². The zero-order valence-corrected chi connectivity index (χ0v) is 18.7. The van der Waals surface area contributed by atoms with Gasteiger partial charge < -0.3 is 4.90 Å². The molecule has 5 rings (SSSR count). The van der Waals surface area contributed by atoms with Crippen molar-refractivity contribution in [2.75, 3.05) is 45.2 Å². The van der Waals surface area contributed by atoms with Crippen LogP contribution >= 0.6 is 11.3 Å². The summed E-state index contributed by atoms with van der Waals surface area (Å²) in [6.45, 7) is 7.13. The molecule has 156 valence electrons. The van der Waals surface area contributed by atoms with Crippen LogP contribution in [0.1, 0.15) is 53.8 Å². The van der Waals surface area contributed by atoms with E-state index in [9.17, 15) is 0 Å². The lowest BCUT2D eigenvalue weighted by Crippen LogP contribution is -2.45. The van der Waals surface area contributed by atoms with Crippen LogP contribution in [-0.2, 0) is 24.9 Å². The van der Waals surface area contributed by atoms with Crippen LogP contribution in [0, 0.1) is 0 Å². The first-order valence-electron chi connectivity index (χ1n) is 11.2. The van der Waals surface area contributed by atoms with Gasteiger partial charge in [-0.25, -0.2) is 9.97 Å². The van der Waals surface area contributed by atoms with Crippen LogP contribution in [0.25, 0.3) is 0 Å². The van der Waals surface area contributed by atoms with E-state index >= 15 is 0 Å². The Labute approximate surface area is 178 Å². The molecular formula is C23H33N5S. The van der Waals surface area contributed by atoms with Gasteiger partial charge in [-0.3, -0.25) is 9.80 Å². The smallest absolute Gasteiger partial charge is 0.225 e. The van der Waals surface area contributed by atoms with Crippen LogP contribution in [0.3, 0.4) is 0 Å². The monoisotopic (exact) mass is 411 g/mol. The second-order valence-electron chi connectivity index (χ2n) is 9.44. The molecule has 2 fully saturated rings. The van der Waals surface area contributed by atoms with Crippen LogP contribution in [0.5, 0.6) is 0 Å². The Morgan fingerprint density at radius 3 is 2.72 bits per heavy atom. The lowest BCUT2D eigenvalue weighted by Gasteiger charge is -2.40. The second-order valence-corrected chi connectivity index (χ2v) is 10.4. The number of rotatable bonds is 5. The number of anilines is 1. The summed E-state index contributed by atoms with van der Waals surface area (Å²) in [5.41, 5.74) is 4.45. The Hall–Kier alpha value is -1.50. The average Bonchev–Trinajstić information content (AvgIpc) is 3.45. The third-order valence-electron chi connectivity index (χ3n) is 6.98. The molecule has 1 unspecified atom stereocenters. The van der Waals surface area contributed by atoms with Gasteiger partial charge >= 0.3 is 0 Å². The van der Waals surface area contributed by atoms with E-state index in [1.165, 1.54) is 73.4 Å². The minimum Gasteiger partial charge on any atom is -0.347 e. The fourth-order valence-electron chi connectivity index (χ4n) is 5.52. The standard InChI is InChI=1S/C23H33N5S/c1-26(2)22-24-13-19-6-8-23(21(19)25-22)7-5-11-28(17-23)15-20-12-18(16-29-20)14-27-9-3-4-10-27/h12-13,16H,3-11,14-15,17H2,1-2H3. The van der Waals surface area contributed by atoms with E-state index in [0.717, 1.165) is 32.0 Å². The quantitative estimate of drug-likeness (QED) is 0.750. The summed E-state index contributed by atoms with van der Waals surface area (Å²) in [5.74, 6) is 0.854. The van der Waals surface area contributed by atoms with Crippen molar-refractivity contribution in [3.05, 3.63) is 39.3 Å². The van der Waals surface area contributed by atoms with Gasteiger partial charge in [0.15, 0.2) is 0 Å². The predicted octanol–water partition coefficient (Wildman–Crippen LogP) is 3.68. The summed E-state index contributed by atoms with van der Waals surface area (Å²) in [4.78, 5) is 18.4. The van der Waals surface area contributed by atoms with E-state index in [2.05, 4.69) is 32.4 Å². The molecule has 0 radical (unpaired) electrons. The highest BCUT2D eigenvalue weighted by molar-refractivity contribution is 7.10. The number of thiophene rings is 1. The number of nitrogens with zero attached hydrogens (tertiary/aromatic N) is 5. The van der Waals surface area contributed by atoms with Gasteiger partial charge in [0.05, 0.1) is 5.69 Å². The van der Waals surface area contributed by atoms with Crippen molar-refractivity contribution in [1.29, 1.82) is 0 Å². The number of piperidine rings is 1. The predicted molar refractivity (Wildman–Crippen MR) is 120 cm³/mol. The molecule has 29 heavy (non-hydrogen) atoms. The summed E-state index contributed by atoms with van der Waals surface area (Å²) >= 11 is 1.95. The number of fused-ring (bicyclic) bond motifs is 2. The van der Waals surface area contributed by atoms with Crippen LogP contribution < -0.4 is 4.90 Å². The Balaban J connectivity index is 1.28. The molecule has 0 N–H and O–H groups in total. The van der Waals surface area contributed by atoms with Gasteiger partial charge in [-0.2, -0.15) is 0 Å². The third-order valence-corrected chi connectivity index (χ3v) is 7.95. The maximum absolute atomic E-state index is 5.02. The zero-order chi connectivity index (χ0) is 19.8. The van der Waals surface area contributed by atoms with E-state index in [0.29, 0.717) is 0 Å². The molecule has 2 aliphatic heterocycles. The topological polar surface area (TPSA) is 35.5 Å². The van der Waals surface area contributed by atoms with Crippen molar-refractivity contribution in [3.8, 4) is 0 Å². The molecule has 0 bridgehead atoms. The minimum atomic E-state index is 0.233. The van der Waals surface area contributed by atoms with E-state index < -0.39 is 0 Å². The lowest BCUT2D eigenvalue weighted by molar-refractivity contribution is 0.138. The minimum absolute atomic E-state index is 0.233. The second kappa shape index (κ2) is 7.97. The molecule has 2 aromatic heterocycles. The molecule has 0 amide bonds. The molecule has 1 atom stereocenters. The van der Waals surface area contributed by atoms with Crippen molar-refractivity contribution in [1.82, 2.24) is 19.8 Å². The number of hydrogen-bond acceptors (Lipinski definition) is 6. The average molecular weight is 412 g/mol. The van der Waals surface area contributed by atoms with Crippen LogP contribution in [0.15, 0.2) is 17.6 Å². The van der Waals surface area contributed by atoms with Gasteiger partial charge in [-0.15, -0.1) is 11.3 Å². The highest BCUT2D eigenvalue weighted by atomic mass is 32.1. The lowest BCUT2D eigenvalue weighted by atomic mass is 9.77. The molecule has 6 heteroatoms. The van der Waals surface area contributed by atoms with Crippen molar-refractivity contribution >= 4 is 17.3 Å². The number of aromatic nitrogens is 2. The molecule has 4 heterocycles. The molecule has 1 spiro atoms. The fourth-order valence-corrected chi connectivity index (χ4v) is 6.44. The first-order valence-corrected chi connectivity index (χ1v) is 12.0. The van der Waals surface area contributed by atoms with Gasteiger partial charge in [0.1, 0.15) is 0 Å². The van der Waals surface area contributed by atoms with E-state index in [-0.39, 0.29) is 5.41 Å². The molecule has 2 aromatic rings. The fraction of sp³-hybridized carbons (Fsp3) is 0.652. The molecule has 0 aromatic carbocycles. The molecule has 3 aliphatic rings. The number of likely N-dealkylation sites (tertiary alicyclic amines) is 2. The maximum Gasteiger partial charge on any atom is 0.225 e. The maximum atomic E-state index is 5.02. The SMILES string of the molecule is CN(C)c1ncc2c(n1)C1(CCCN(Cc3cc(CN4CCCC4)cs3)C1)CC2. The number of hydrogen-bond donors (Lipinski definition) is 0. The van der Waals surface area contributed by atoms with Crippen LogP contribution in [0.2, 0.25) is 0 Å². The Bertz CT molecular complexity index is 853. The van der Waals surface area contributed by atoms with Gasteiger partial charge in [0.25, 0.3) is 0 Å². The molecular weight excluding hydrogens is 378 g/mol. The molecule has 0 saturated carbocycles. The molecule has 1 aliphatic carbocycles. The van der Waals surface area contributed by atoms with E-state index in [1.54, 1.807) is 0 Å². The zero-order valence-electron chi connectivity index (χ0n) is 17.9. The van der Waals surface area contributed by atoms with Crippen molar-refractivity contribution < 1.29 is 0 Å². The molecule has 5 nitrogen and oxygen atoms in total. The van der Waals surface area contributed by atoms with E-state index in [4.69, 9.17) is 4.98 Å². The number of aryl methyl sites for hydroxylation is 1. The van der Waals surface area contributed by atoms with Crippen molar-refractivity contribution in [2.24, 2.45) is 0 Å². The van der Waals surface area contributed by atoms with Gasteiger partial charge in [0.2, 0.25) is 5.95 Å². The van der Waals surface area contributed by atoms with Crippen LogP contribution in [-0.4, -0.2) is 60.0 Å². The normalized spacial score (nSPS) is 25.0. The summed E-state index contributed by atoms with van der Waals surface area (Å²) < 4.78 is 0. The Kier molecular flexibility index (Phi) is 5.35. The van der Waals surface area contributed by atoms with Gasteiger partial charge in [-0.1, -0.05) is 0 Å². The largest absolute Gasteiger partial charge is 0.347 e. The van der Waals surface area contributed by atoms with Crippen molar-refractivity contribution in [2.45, 2.75) is 57.0 Å².